The Morgan fingerprint density at radius 2 is 2.00 bits per heavy atom. The fourth-order valence-corrected chi connectivity index (χ4v) is 1.59. The Bertz CT molecular complexity index is 489. The van der Waals surface area contributed by atoms with Crippen LogP contribution in [0, 0.1) is 12.7 Å². The highest BCUT2D eigenvalue weighted by Gasteiger charge is 2.12. The topological polar surface area (TPSA) is 98.2 Å². The van der Waals surface area contributed by atoms with Crippen molar-refractivity contribution in [2.75, 3.05) is 11.9 Å². The van der Waals surface area contributed by atoms with Crippen molar-refractivity contribution in [2.24, 2.45) is 11.5 Å². The number of amides is 2. The molecule has 0 saturated heterocycles. The first-order valence-corrected chi connectivity index (χ1v) is 6.05. The van der Waals surface area contributed by atoms with Crippen LogP contribution in [0.2, 0.25) is 0 Å². The Balaban J connectivity index is 2.82. The zero-order chi connectivity index (χ0) is 14.4. The Labute approximate surface area is 111 Å². The van der Waals surface area contributed by atoms with Crippen molar-refractivity contribution in [1.82, 2.24) is 0 Å². The van der Waals surface area contributed by atoms with Gasteiger partial charge in [0, 0.05) is 23.2 Å². The summed E-state index contributed by atoms with van der Waals surface area (Å²) in [6, 6.07) is 2.43. The van der Waals surface area contributed by atoms with Crippen LogP contribution in [0.15, 0.2) is 12.1 Å². The fraction of sp³-hybridized carbons (Fsp3) is 0.385. The lowest BCUT2D eigenvalue weighted by Gasteiger charge is -2.10. The summed E-state index contributed by atoms with van der Waals surface area (Å²) < 4.78 is 13.6. The largest absolute Gasteiger partial charge is 0.366 e. The van der Waals surface area contributed by atoms with E-state index in [-0.39, 0.29) is 22.7 Å². The highest BCUT2D eigenvalue weighted by molar-refractivity contribution is 5.97. The first kappa shape index (κ1) is 15.1. The van der Waals surface area contributed by atoms with Crippen LogP contribution in [0.3, 0.4) is 0 Å². The van der Waals surface area contributed by atoms with Crippen molar-refractivity contribution in [3.8, 4) is 0 Å². The van der Waals surface area contributed by atoms with Crippen LogP contribution in [0.5, 0.6) is 0 Å². The van der Waals surface area contributed by atoms with Crippen LogP contribution in [0.4, 0.5) is 10.1 Å². The molecule has 6 heteroatoms. The number of hydrogen-bond donors (Lipinski definition) is 3. The number of nitrogens with one attached hydrogen (secondary N) is 1. The van der Waals surface area contributed by atoms with Crippen LogP contribution in [0.25, 0.3) is 0 Å². The minimum Gasteiger partial charge on any atom is -0.366 e. The van der Waals surface area contributed by atoms with E-state index in [0.717, 1.165) is 12.5 Å². The van der Waals surface area contributed by atoms with Gasteiger partial charge in [0.2, 0.25) is 11.8 Å². The summed E-state index contributed by atoms with van der Waals surface area (Å²) in [5.41, 5.74) is 11.0. The van der Waals surface area contributed by atoms with Gasteiger partial charge in [0.05, 0.1) is 0 Å². The predicted octanol–water partition coefficient (Wildman–Crippen LogP) is 1.30. The van der Waals surface area contributed by atoms with Crippen molar-refractivity contribution in [1.29, 1.82) is 0 Å². The van der Waals surface area contributed by atoms with Crippen LogP contribution in [-0.4, -0.2) is 18.4 Å². The van der Waals surface area contributed by atoms with Gasteiger partial charge >= 0.3 is 0 Å². The van der Waals surface area contributed by atoms with Crippen molar-refractivity contribution < 1.29 is 14.0 Å². The molecule has 0 fully saturated rings. The quantitative estimate of drug-likeness (QED) is 0.677. The average molecular weight is 267 g/mol. The molecule has 1 aromatic carbocycles. The van der Waals surface area contributed by atoms with Gasteiger partial charge in [0.1, 0.15) is 5.82 Å². The van der Waals surface area contributed by atoms with Gasteiger partial charge in [-0.05, 0) is 38.4 Å². The first-order chi connectivity index (χ1) is 8.95. The van der Waals surface area contributed by atoms with E-state index in [1.807, 2.05) is 0 Å². The summed E-state index contributed by atoms with van der Waals surface area (Å²) >= 11 is 0. The molecule has 104 valence electrons. The predicted molar refractivity (Wildman–Crippen MR) is 71.2 cm³/mol. The lowest BCUT2D eigenvalue weighted by Crippen LogP contribution is -2.16. The molecule has 0 unspecified atom stereocenters. The number of carbonyl (C=O) groups excluding carboxylic acids is 2. The van der Waals surface area contributed by atoms with Crippen LogP contribution >= 0.6 is 0 Å². The summed E-state index contributed by atoms with van der Waals surface area (Å²) in [7, 11) is 0. The molecule has 2 amide bonds. The average Bonchev–Trinajstić information content (AvgIpc) is 2.34. The van der Waals surface area contributed by atoms with Crippen molar-refractivity contribution in [2.45, 2.75) is 26.2 Å². The molecule has 5 N–H and O–H groups in total. The summed E-state index contributed by atoms with van der Waals surface area (Å²) in [6.07, 6.45) is 1.72. The second-order valence-electron chi connectivity index (χ2n) is 4.29. The molecule has 0 radical (unpaired) electrons. The summed E-state index contributed by atoms with van der Waals surface area (Å²) in [5.74, 6) is -1.55. The van der Waals surface area contributed by atoms with Crippen LogP contribution < -0.4 is 16.8 Å². The number of nitrogens with two attached hydrogens (primary N) is 2. The molecule has 0 aromatic heterocycles. The van der Waals surface area contributed by atoms with Gasteiger partial charge in [-0.2, -0.15) is 0 Å². The molecule has 0 heterocycles. The molecule has 0 aliphatic heterocycles. The van der Waals surface area contributed by atoms with Gasteiger partial charge in [-0.25, -0.2) is 4.39 Å². The molecule has 19 heavy (non-hydrogen) atoms. The monoisotopic (exact) mass is 267 g/mol. The normalized spacial score (nSPS) is 10.3. The van der Waals surface area contributed by atoms with Gasteiger partial charge in [0.15, 0.2) is 0 Å². The Morgan fingerprint density at radius 3 is 2.58 bits per heavy atom. The fourth-order valence-electron chi connectivity index (χ4n) is 1.59. The molecule has 0 spiro atoms. The SMILES string of the molecule is Cc1c(F)cc(C(N)=O)cc1NC(=O)CCCCN. The Kier molecular flexibility index (Phi) is 5.44. The van der Waals surface area contributed by atoms with Crippen molar-refractivity contribution in [3.63, 3.8) is 0 Å². The highest BCUT2D eigenvalue weighted by atomic mass is 19.1. The van der Waals surface area contributed by atoms with Crippen molar-refractivity contribution >= 4 is 17.5 Å². The van der Waals surface area contributed by atoms with Gasteiger partial charge in [-0.3, -0.25) is 9.59 Å². The second-order valence-corrected chi connectivity index (χ2v) is 4.29. The smallest absolute Gasteiger partial charge is 0.248 e. The van der Waals surface area contributed by atoms with Crippen molar-refractivity contribution in [3.05, 3.63) is 29.1 Å². The highest BCUT2D eigenvalue weighted by Crippen LogP contribution is 2.21. The van der Waals surface area contributed by atoms with E-state index < -0.39 is 11.7 Å². The van der Waals surface area contributed by atoms with E-state index >= 15 is 0 Å². The summed E-state index contributed by atoms with van der Waals surface area (Å²) in [4.78, 5) is 22.7. The minimum atomic E-state index is -0.738. The van der Waals surface area contributed by atoms with Gasteiger partial charge in [-0.1, -0.05) is 0 Å². The van der Waals surface area contributed by atoms with E-state index in [4.69, 9.17) is 11.5 Å². The lowest BCUT2D eigenvalue weighted by molar-refractivity contribution is -0.116. The van der Waals surface area contributed by atoms with Gasteiger partial charge in [0.25, 0.3) is 0 Å². The Morgan fingerprint density at radius 1 is 1.32 bits per heavy atom. The zero-order valence-corrected chi connectivity index (χ0v) is 10.8. The number of rotatable bonds is 6. The maximum Gasteiger partial charge on any atom is 0.248 e. The number of hydrogen-bond acceptors (Lipinski definition) is 3. The minimum absolute atomic E-state index is 0.0281. The third-order valence-corrected chi connectivity index (χ3v) is 2.76. The maximum absolute atomic E-state index is 13.6. The molecular formula is C13H18FN3O2. The molecule has 0 aliphatic rings. The molecule has 0 bridgehead atoms. The van der Waals surface area contributed by atoms with E-state index in [1.54, 1.807) is 0 Å². The van der Waals surface area contributed by atoms with Gasteiger partial charge in [-0.15, -0.1) is 0 Å². The second kappa shape index (κ2) is 6.84. The van der Waals surface area contributed by atoms with E-state index in [9.17, 15) is 14.0 Å². The Hall–Kier alpha value is -1.95. The zero-order valence-electron chi connectivity index (χ0n) is 10.8. The number of halogens is 1. The molecule has 0 atom stereocenters. The van der Waals surface area contributed by atoms with Gasteiger partial charge < -0.3 is 16.8 Å². The summed E-state index contributed by atoms with van der Waals surface area (Å²) in [6.45, 7) is 2.05. The first-order valence-electron chi connectivity index (χ1n) is 6.05. The molecule has 1 rings (SSSR count). The maximum atomic E-state index is 13.6. The molecule has 0 saturated carbocycles. The van der Waals surface area contributed by atoms with Crippen LogP contribution in [-0.2, 0) is 4.79 Å². The molecule has 5 nitrogen and oxygen atoms in total. The number of benzene rings is 1. The van der Waals surface area contributed by atoms with Crippen LogP contribution in [0.1, 0.15) is 35.2 Å². The third kappa shape index (κ3) is 4.33. The number of anilines is 1. The standard InChI is InChI=1S/C13H18FN3O2/c1-8-10(14)6-9(13(16)19)7-11(8)17-12(18)4-2-3-5-15/h6-7H,2-5,15H2,1H3,(H2,16,19)(H,17,18). The summed E-state index contributed by atoms with van der Waals surface area (Å²) in [5, 5.41) is 2.58. The van der Waals surface area contributed by atoms with E-state index in [2.05, 4.69) is 5.32 Å². The third-order valence-electron chi connectivity index (χ3n) is 2.76. The molecule has 0 aliphatic carbocycles. The number of primary amides is 1. The lowest BCUT2D eigenvalue weighted by atomic mass is 10.1. The van der Waals surface area contributed by atoms with E-state index in [0.29, 0.717) is 19.4 Å². The van der Waals surface area contributed by atoms with E-state index in [1.165, 1.54) is 13.0 Å². The number of unbranched alkanes of at least 4 members (excludes halogenated alkanes) is 1. The molecule has 1 aromatic rings. The number of carbonyl (C=O) groups is 2. The molecular weight excluding hydrogens is 249 g/mol.